The first-order valence-corrected chi connectivity index (χ1v) is 5.98. The second-order valence-corrected chi connectivity index (χ2v) is 4.33. The van der Waals surface area contributed by atoms with Crippen LogP contribution >= 0.6 is 0 Å². The third-order valence-electron chi connectivity index (χ3n) is 2.33. The number of rotatable bonds is 8. The Morgan fingerprint density at radius 1 is 1.24 bits per heavy atom. The molecule has 0 atom stereocenters. The number of aldehydes is 1. The summed E-state index contributed by atoms with van der Waals surface area (Å²) in [6.45, 7) is 6.21. The third-order valence-corrected chi connectivity index (χ3v) is 2.33. The fourth-order valence-electron chi connectivity index (χ4n) is 1.32. The van der Waals surface area contributed by atoms with Crippen molar-refractivity contribution in [3.8, 4) is 5.75 Å². The first kappa shape index (κ1) is 13.7. The summed E-state index contributed by atoms with van der Waals surface area (Å²) in [5, 5.41) is 0. The molecule has 0 heterocycles. The van der Waals surface area contributed by atoms with Gasteiger partial charge >= 0.3 is 0 Å². The lowest BCUT2D eigenvalue weighted by molar-refractivity contribution is 0.0925. The van der Waals surface area contributed by atoms with E-state index in [-0.39, 0.29) is 0 Å². The highest BCUT2D eigenvalue weighted by atomic mass is 16.5. The van der Waals surface area contributed by atoms with Crippen LogP contribution in [0, 0.1) is 5.92 Å². The highest BCUT2D eigenvalue weighted by Gasteiger charge is 1.97. The van der Waals surface area contributed by atoms with E-state index in [2.05, 4.69) is 13.8 Å². The number of hydrogen-bond acceptors (Lipinski definition) is 3. The molecule has 3 nitrogen and oxygen atoms in total. The smallest absolute Gasteiger partial charge is 0.150 e. The molecule has 0 aliphatic heterocycles. The third kappa shape index (κ3) is 6.07. The molecule has 0 aliphatic carbocycles. The van der Waals surface area contributed by atoms with Gasteiger partial charge in [-0.05, 0) is 24.5 Å². The molecule has 0 N–H and O–H groups in total. The molecule has 94 valence electrons. The van der Waals surface area contributed by atoms with Crippen molar-refractivity contribution < 1.29 is 14.3 Å². The topological polar surface area (TPSA) is 35.5 Å². The minimum atomic E-state index is 0.514. The Morgan fingerprint density at radius 2 is 2.06 bits per heavy atom. The minimum absolute atomic E-state index is 0.514. The number of carbonyl (C=O) groups is 1. The quantitative estimate of drug-likeness (QED) is 0.514. The van der Waals surface area contributed by atoms with Crippen molar-refractivity contribution in [3.63, 3.8) is 0 Å². The van der Waals surface area contributed by atoms with E-state index in [0.29, 0.717) is 30.4 Å². The summed E-state index contributed by atoms with van der Waals surface area (Å²) < 4.78 is 10.9. The molecule has 1 rings (SSSR count). The van der Waals surface area contributed by atoms with Gasteiger partial charge in [-0.15, -0.1) is 0 Å². The number of hydrogen-bond donors (Lipinski definition) is 0. The van der Waals surface area contributed by atoms with Crippen LogP contribution < -0.4 is 4.74 Å². The van der Waals surface area contributed by atoms with Crippen LogP contribution in [-0.4, -0.2) is 26.1 Å². The lowest BCUT2D eigenvalue weighted by atomic mass is 10.1. The normalized spacial score (nSPS) is 10.5. The van der Waals surface area contributed by atoms with Crippen LogP contribution in [0.25, 0.3) is 0 Å². The van der Waals surface area contributed by atoms with Gasteiger partial charge in [-0.25, -0.2) is 0 Å². The summed E-state index contributed by atoms with van der Waals surface area (Å²) in [4.78, 5) is 10.6. The summed E-state index contributed by atoms with van der Waals surface area (Å²) in [5.74, 6) is 1.38. The van der Waals surface area contributed by atoms with Crippen molar-refractivity contribution >= 4 is 6.29 Å². The van der Waals surface area contributed by atoms with E-state index in [1.165, 1.54) is 0 Å². The Balaban J connectivity index is 2.15. The van der Waals surface area contributed by atoms with Gasteiger partial charge in [-0.2, -0.15) is 0 Å². The Bertz CT molecular complexity index is 334. The molecule has 0 radical (unpaired) electrons. The van der Waals surface area contributed by atoms with Gasteiger partial charge in [0.2, 0.25) is 0 Å². The van der Waals surface area contributed by atoms with Crippen LogP contribution in [-0.2, 0) is 4.74 Å². The van der Waals surface area contributed by atoms with Crippen LogP contribution in [0.5, 0.6) is 5.75 Å². The second-order valence-electron chi connectivity index (χ2n) is 4.33. The predicted octanol–water partition coefficient (Wildman–Crippen LogP) is 2.94. The summed E-state index contributed by atoms with van der Waals surface area (Å²) in [7, 11) is 0. The Morgan fingerprint density at radius 3 is 2.76 bits per heavy atom. The van der Waals surface area contributed by atoms with Crippen molar-refractivity contribution in [2.75, 3.05) is 19.8 Å². The Kier molecular flexibility index (Phi) is 6.33. The fraction of sp³-hybridized carbons (Fsp3) is 0.500. The lowest BCUT2D eigenvalue weighted by Gasteiger charge is -2.08. The number of ether oxygens (including phenoxy) is 2. The molecule has 0 amide bonds. The van der Waals surface area contributed by atoms with Gasteiger partial charge < -0.3 is 9.47 Å². The molecule has 17 heavy (non-hydrogen) atoms. The van der Waals surface area contributed by atoms with Gasteiger partial charge in [-0.1, -0.05) is 26.0 Å². The van der Waals surface area contributed by atoms with Crippen LogP contribution in [0.4, 0.5) is 0 Å². The molecule has 0 unspecified atom stereocenters. The molecule has 0 fully saturated rings. The van der Waals surface area contributed by atoms with Gasteiger partial charge in [0.05, 0.1) is 6.61 Å². The lowest BCUT2D eigenvalue weighted by Crippen LogP contribution is -2.08. The molecule has 1 aromatic carbocycles. The average molecular weight is 236 g/mol. The first-order valence-electron chi connectivity index (χ1n) is 5.98. The zero-order chi connectivity index (χ0) is 12.5. The molecule has 0 saturated carbocycles. The van der Waals surface area contributed by atoms with Gasteiger partial charge in [-0.3, -0.25) is 4.79 Å². The summed E-state index contributed by atoms with van der Waals surface area (Å²) in [6, 6.07) is 7.11. The van der Waals surface area contributed by atoms with E-state index in [0.717, 1.165) is 19.3 Å². The largest absolute Gasteiger partial charge is 0.491 e. The number of carbonyl (C=O) groups excluding carboxylic acids is 1. The first-order chi connectivity index (χ1) is 8.22. The molecule has 0 saturated heterocycles. The van der Waals surface area contributed by atoms with Gasteiger partial charge in [0.15, 0.2) is 0 Å². The minimum Gasteiger partial charge on any atom is -0.491 e. The molecular formula is C14H20O3. The van der Waals surface area contributed by atoms with E-state index in [1.807, 2.05) is 6.07 Å². The average Bonchev–Trinajstić information content (AvgIpc) is 2.33. The van der Waals surface area contributed by atoms with E-state index in [9.17, 15) is 4.79 Å². The molecular weight excluding hydrogens is 216 g/mol. The highest BCUT2D eigenvalue weighted by Crippen LogP contribution is 2.11. The molecule has 0 aliphatic rings. The second kappa shape index (κ2) is 7.85. The standard InChI is InChI=1S/C14H20O3/c1-12(2)6-7-16-8-9-17-14-5-3-4-13(10-14)11-15/h3-5,10-12H,6-9H2,1-2H3. The van der Waals surface area contributed by atoms with Crippen LogP contribution in [0.3, 0.4) is 0 Å². The highest BCUT2D eigenvalue weighted by molar-refractivity contribution is 5.75. The fourth-order valence-corrected chi connectivity index (χ4v) is 1.32. The Hall–Kier alpha value is -1.35. The Labute approximate surface area is 103 Å². The molecule has 0 spiro atoms. The molecule has 0 bridgehead atoms. The van der Waals surface area contributed by atoms with E-state index in [1.54, 1.807) is 18.2 Å². The van der Waals surface area contributed by atoms with Crippen molar-refractivity contribution in [3.05, 3.63) is 29.8 Å². The monoisotopic (exact) mass is 236 g/mol. The molecule has 1 aromatic rings. The predicted molar refractivity (Wildman–Crippen MR) is 67.6 cm³/mol. The zero-order valence-corrected chi connectivity index (χ0v) is 10.5. The van der Waals surface area contributed by atoms with Gasteiger partial charge in [0.1, 0.15) is 18.6 Å². The van der Waals surface area contributed by atoms with Crippen LogP contribution in [0.2, 0.25) is 0 Å². The van der Waals surface area contributed by atoms with E-state index in [4.69, 9.17) is 9.47 Å². The van der Waals surface area contributed by atoms with Crippen molar-refractivity contribution in [2.45, 2.75) is 20.3 Å². The van der Waals surface area contributed by atoms with E-state index >= 15 is 0 Å². The summed E-state index contributed by atoms with van der Waals surface area (Å²) in [5.41, 5.74) is 0.628. The summed E-state index contributed by atoms with van der Waals surface area (Å²) >= 11 is 0. The zero-order valence-electron chi connectivity index (χ0n) is 10.5. The van der Waals surface area contributed by atoms with Gasteiger partial charge in [0, 0.05) is 12.2 Å². The molecule has 3 heteroatoms. The maximum atomic E-state index is 10.6. The van der Waals surface area contributed by atoms with Crippen molar-refractivity contribution in [2.24, 2.45) is 5.92 Å². The van der Waals surface area contributed by atoms with Crippen LogP contribution in [0.15, 0.2) is 24.3 Å². The van der Waals surface area contributed by atoms with E-state index < -0.39 is 0 Å². The summed E-state index contributed by atoms with van der Waals surface area (Å²) in [6.07, 6.45) is 1.88. The molecule has 0 aromatic heterocycles. The SMILES string of the molecule is CC(C)CCOCCOc1cccc(C=O)c1. The van der Waals surface area contributed by atoms with Crippen molar-refractivity contribution in [1.29, 1.82) is 0 Å². The maximum Gasteiger partial charge on any atom is 0.150 e. The maximum absolute atomic E-state index is 10.6. The number of benzene rings is 1. The van der Waals surface area contributed by atoms with Crippen LogP contribution in [0.1, 0.15) is 30.6 Å². The van der Waals surface area contributed by atoms with Crippen molar-refractivity contribution in [1.82, 2.24) is 0 Å². The van der Waals surface area contributed by atoms with Gasteiger partial charge in [0.25, 0.3) is 0 Å².